The molecule has 1 aromatic carbocycles. The Labute approximate surface area is 113 Å². The van der Waals surface area contributed by atoms with Gasteiger partial charge in [0.2, 0.25) is 0 Å². The first-order valence-corrected chi connectivity index (χ1v) is 6.39. The van der Waals surface area contributed by atoms with Gasteiger partial charge in [0.05, 0.1) is 11.1 Å². The van der Waals surface area contributed by atoms with Gasteiger partial charge in [0, 0.05) is 31.6 Å². The van der Waals surface area contributed by atoms with E-state index in [9.17, 15) is 15.3 Å². The fourth-order valence-electron chi connectivity index (χ4n) is 1.50. The first-order valence-electron chi connectivity index (χ1n) is 6.39. The van der Waals surface area contributed by atoms with Crippen LogP contribution in [0.3, 0.4) is 0 Å². The molecule has 0 aliphatic carbocycles. The van der Waals surface area contributed by atoms with Crippen molar-refractivity contribution in [3.8, 4) is 17.2 Å². The molecule has 1 rings (SSSR count). The van der Waals surface area contributed by atoms with Gasteiger partial charge in [0.1, 0.15) is 17.2 Å². The lowest BCUT2D eigenvalue weighted by Gasteiger charge is -2.08. The van der Waals surface area contributed by atoms with Gasteiger partial charge in [0.25, 0.3) is 0 Å². The summed E-state index contributed by atoms with van der Waals surface area (Å²) in [5.41, 5.74) is 0.397. The van der Waals surface area contributed by atoms with E-state index in [1.165, 1.54) is 18.5 Å². The third-order valence-corrected chi connectivity index (χ3v) is 2.48. The third kappa shape index (κ3) is 3.98. The Bertz CT molecular complexity index is 442. The third-order valence-electron chi connectivity index (χ3n) is 2.48. The highest BCUT2D eigenvalue weighted by molar-refractivity contribution is 5.96. The van der Waals surface area contributed by atoms with Gasteiger partial charge in [0.15, 0.2) is 0 Å². The summed E-state index contributed by atoms with van der Waals surface area (Å²) in [4.78, 5) is 8.16. The molecule has 0 aliphatic heterocycles. The number of aromatic hydroxyl groups is 3. The number of phenolic OH excluding ortho intramolecular Hbond substituents is 3. The molecule has 5 heteroatoms. The quantitative estimate of drug-likeness (QED) is 0.690. The molecule has 0 aliphatic rings. The van der Waals surface area contributed by atoms with Crippen LogP contribution in [0.15, 0.2) is 16.1 Å². The van der Waals surface area contributed by atoms with Crippen molar-refractivity contribution < 1.29 is 15.3 Å². The second-order valence-corrected chi connectivity index (χ2v) is 4.16. The number of phenols is 3. The fourth-order valence-corrected chi connectivity index (χ4v) is 1.50. The van der Waals surface area contributed by atoms with Crippen molar-refractivity contribution >= 4 is 12.4 Å². The van der Waals surface area contributed by atoms with E-state index in [4.69, 9.17) is 0 Å². The summed E-state index contributed by atoms with van der Waals surface area (Å²) in [5, 5.41) is 29.5. The average molecular weight is 264 g/mol. The number of aliphatic imine (C=N–C) groups is 2. The molecule has 0 spiro atoms. The Morgan fingerprint density at radius 1 is 0.895 bits per heavy atom. The van der Waals surface area contributed by atoms with Crippen LogP contribution in [0, 0.1) is 0 Å². The molecule has 0 fully saturated rings. The highest BCUT2D eigenvalue weighted by Crippen LogP contribution is 2.35. The lowest BCUT2D eigenvalue weighted by Crippen LogP contribution is -1.93. The minimum atomic E-state index is -0.211. The van der Waals surface area contributed by atoms with Gasteiger partial charge >= 0.3 is 0 Å². The highest BCUT2D eigenvalue weighted by atomic mass is 16.3. The van der Waals surface area contributed by atoms with E-state index in [2.05, 4.69) is 9.98 Å². The van der Waals surface area contributed by atoms with Crippen LogP contribution in [-0.4, -0.2) is 40.8 Å². The summed E-state index contributed by atoms with van der Waals surface area (Å²) in [6, 6.07) is 1.18. The second-order valence-electron chi connectivity index (χ2n) is 4.16. The minimum Gasteiger partial charge on any atom is -0.507 e. The van der Waals surface area contributed by atoms with Gasteiger partial charge in [-0.1, -0.05) is 13.8 Å². The van der Waals surface area contributed by atoms with Crippen molar-refractivity contribution in [1.82, 2.24) is 0 Å². The van der Waals surface area contributed by atoms with Crippen molar-refractivity contribution in [2.45, 2.75) is 26.7 Å². The Morgan fingerprint density at radius 2 is 1.32 bits per heavy atom. The SMILES string of the molecule is CCCN=Cc1c(O)cc(O)c(C=NCCC)c1O. The molecule has 0 saturated heterocycles. The zero-order chi connectivity index (χ0) is 14.3. The maximum atomic E-state index is 10.0. The Morgan fingerprint density at radius 3 is 1.68 bits per heavy atom. The van der Waals surface area contributed by atoms with E-state index in [-0.39, 0.29) is 28.4 Å². The maximum absolute atomic E-state index is 10.0. The van der Waals surface area contributed by atoms with Crippen molar-refractivity contribution in [3.05, 3.63) is 17.2 Å². The molecule has 104 valence electrons. The van der Waals surface area contributed by atoms with E-state index in [1.807, 2.05) is 13.8 Å². The zero-order valence-electron chi connectivity index (χ0n) is 11.3. The number of rotatable bonds is 6. The molecule has 19 heavy (non-hydrogen) atoms. The first kappa shape index (κ1) is 15.0. The van der Waals surface area contributed by atoms with Gasteiger partial charge < -0.3 is 15.3 Å². The van der Waals surface area contributed by atoms with Gasteiger partial charge in [-0.3, -0.25) is 9.98 Å². The van der Waals surface area contributed by atoms with Crippen LogP contribution in [0.2, 0.25) is 0 Å². The van der Waals surface area contributed by atoms with Crippen molar-refractivity contribution in [3.63, 3.8) is 0 Å². The van der Waals surface area contributed by atoms with Crippen LogP contribution < -0.4 is 0 Å². The lowest BCUT2D eigenvalue weighted by molar-refractivity contribution is 0.426. The van der Waals surface area contributed by atoms with Crippen molar-refractivity contribution in [2.75, 3.05) is 13.1 Å². The van der Waals surface area contributed by atoms with Gasteiger partial charge in [-0.15, -0.1) is 0 Å². The number of benzene rings is 1. The minimum absolute atomic E-state index is 0.198. The van der Waals surface area contributed by atoms with E-state index < -0.39 is 0 Å². The van der Waals surface area contributed by atoms with Crippen LogP contribution in [0.1, 0.15) is 37.8 Å². The Hall–Kier alpha value is -2.04. The van der Waals surface area contributed by atoms with Crippen LogP contribution in [0.25, 0.3) is 0 Å². The van der Waals surface area contributed by atoms with Crippen LogP contribution in [-0.2, 0) is 0 Å². The molecule has 5 nitrogen and oxygen atoms in total. The summed E-state index contributed by atoms with van der Waals surface area (Å²) < 4.78 is 0. The molecular weight excluding hydrogens is 244 g/mol. The molecule has 0 amide bonds. The molecule has 0 heterocycles. The average Bonchev–Trinajstić information content (AvgIpc) is 2.37. The van der Waals surface area contributed by atoms with E-state index in [0.29, 0.717) is 13.1 Å². The van der Waals surface area contributed by atoms with Crippen LogP contribution in [0.4, 0.5) is 0 Å². The first-order chi connectivity index (χ1) is 9.11. The lowest BCUT2D eigenvalue weighted by atomic mass is 10.1. The monoisotopic (exact) mass is 264 g/mol. The number of nitrogens with zero attached hydrogens (tertiary/aromatic N) is 2. The van der Waals surface area contributed by atoms with Gasteiger partial charge in [-0.2, -0.15) is 0 Å². The van der Waals surface area contributed by atoms with Crippen molar-refractivity contribution in [2.24, 2.45) is 9.98 Å². The smallest absolute Gasteiger partial charge is 0.140 e. The molecule has 1 aromatic rings. The number of hydrogen-bond donors (Lipinski definition) is 3. The Kier molecular flexibility index (Phi) is 5.85. The van der Waals surface area contributed by atoms with Gasteiger partial charge in [-0.25, -0.2) is 0 Å². The normalized spacial score (nSPS) is 11.7. The molecule has 3 N–H and O–H groups in total. The summed E-state index contributed by atoms with van der Waals surface area (Å²) in [6.45, 7) is 5.19. The largest absolute Gasteiger partial charge is 0.507 e. The molecular formula is C14H20N2O3. The molecule has 0 radical (unpaired) electrons. The van der Waals surface area contributed by atoms with Crippen LogP contribution >= 0.6 is 0 Å². The van der Waals surface area contributed by atoms with Crippen molar-refractivity contribution in [1.29, 1.82) is 0 Å². The summed E-state index contributed by atoms with van der Waals surface area (Å²) in [5.74, 6) is -0.623. The Balaban J connectivity index is 3.14. The molecule has 0 unspecified atom stereocenters. The summed E-state index contributed by atoms with van der Waals surface area (Å²) in [6.07, 6.45) is 4.57. The predicted molar refractivity (Wildman–Crippen MR) is 76.9 cm³/mol. The van der Waals surface area contributed by atoms with E-state index in [0.717, 1.165) is 12.8 Å². The molecule has 0 atom stereocenters. The zero-order valence-corrected chi connectivity index (χ0v) is 11.3. The fraction of sp³-hybridized carbons (Fsp3) is 0.429. The standard InChI is InChI=1S/C14H20N2O3/c1-3-5-15-8-10-12(17)7-13(18)11(14(10)19)9-16-6-4-2/h7-9,17-19H,3-6H2,1-2H3. The van der Waals surface area contributed by atoms with Crippen LogP contribution in [0.5, 0.6) is 17.2 Å². The maximum Gasteiger partial charge on any atom is 0.140 e. The topological polar surface area (TPSA) is 85.4 Å². The summed E-state index contributed by atoms with van der Waals surface area (Å²) in [7, 11) is 0. The highest BCUT2D eigenvalue weighted by Gasteiger charge is 2.14. The molecule has 0 saturated carbocycles. The van der Waals surface area contributed by atoms with Gasteiger partial charge in [-0.05, 0) is 12.8 Å². The van der Waals surface area contributed by atoms with E-state index >= 15 is 0 Å². The second kappa shape index (κ2) is 7.41. The predicted octanol–water partition coefficient (Wildman–Crippen LogP) is 2.46. The summed E-state index contributed by atoms with van der Waals surface area (Å²) >= 11 is 0. The molecule has 0 aromatic heterocycles. The molecule has 0 bridgehead atoms. The van der Waals surface area contributed by atoms with E-state index in [1.54, 1.807) is 0 Å². The number of hydrogen-bond acceptors (Lipinski definition) is 5.